The molecule has 134 valence electrons. The van der Waals surface area contributed by atoms with Crippen molar-refractivity contribution >= 4 is 29.2 Å². The van der Waals surface area contributed by atoms with Gasteiger partial charge in [-0.1, -0.05) is 11.6 Å². The van der Waals surface area contributed by atoms with Gasteiger partial charge in [0.2, 0.25) is 0 Å². The number of thiocarbonyl (C=S) groups is 1. The number of nitro benzene ring substituents is 1. The van der Waals surface area contributed by atoms with E-state index in [1.165, 1.54) is 17.7 Å². The smallest absolute Gasteiger partial charge is 0.269 e. The maximum Gasteiger partial charge on any atom is 0.269 e. The molecule has 7 heteroatoms. The number of rotatable bonds is 5. The van der Waals surface area contributed by atoms with Crippen molar-refractivity contribution in [1.82, 2.24) is 10.7 Å². The predicted molar refractivity (Wildman–Crippen MR) is 105 cm³/mol. The maximum atomic E-state index is 10.6. The van der Waals surface area contributed by atoms with Crippen molar-refractivity contribution in [1.29, 1.82) is 0 Å². The van der Waals surface area contributed by atoms with Gasteiger partial charge < -0.3 is 5.32 Å². The fourth-order valence-corrected chi connectivity index (χ4v) is 3.21. The highest BCUT2D eigenvalue weighted by atomic mass is 32.1. The zero-order valence-corrected chi connectivity index (χ0v) is 15.6. The van der Waals surface area contributed by atoms with Gasteiger partial charge in [-0.2, -0.15) is 5.10 Å². The summed E-state index contributed by atoms with van der Waals surface area (Å²) in [4.78, 5) is 10.2. The molecule has 0 fully saturated rings. The average Bonchev–Trinajstić information content (AvgIpc) is 2.55. The van der Waals surface area contributed by atoms with Crippen molar-refractivity contribution in [2.75, 3.05) is 0 Å². The second-order valence-corrected chi connectivity index (χ2v) is 7.32. The Balaban J connectivity index is 1.86. The van der Waals surface area contributed by atoms with Crippen LogP contribution in [0.15, 0.2) is 41.0 Å². The molecule has 0 saturated heterocycles. The number of allylic oxidation sites excluding steroid dienone is 2. The van der Waals surface area contributed by atoms with Crippen LogP contribution in [-0.4, -0.2) is 21.8 Å². The van der Waals surface area contributed by atoms with Gasteiger partial charge in [0.25, 0.3) is 5.69 Å². The highest BCUT2D eigenvalue weighted by Crippen LogP contribution is 2.31. The Hall–Kier alpha value is -2.28. The van der Waals surface area contributed by atoms with Gasteiger partial charge in [0, 0.05) is 17.7 Å². The zero-order valence-electron chi connectivity index (χ0n) is 14.8. The molecule has 0 radical (unpaired) electrons. The minimum Gasteiger partial charge on any atom is -0.356 e. The second-order valence-electron chi connectivity index (χ2n) is 6.92. The molecule has 0 spiro atoms. The van der Waals surface area contributed by atoms with E-state index in [0.717, 1.165) is 24.8 Å². The van der Waals surface area contributed by atoms with Gasteiger partial charge >= 0.3 is 0 Å². The molecule has 2 rings (SSSR count). The number of hydrogen-bond donors (Lipinski definition) is 2. The van der Waals surface area contributed by atoms with Crippen LogP contribution in [0.1, 0.15) is 45.6 Å². The highest BCUT2D eigenvalue weighted by molar-refractivity contribution is 7.80. The summed E-state index contributed by atoms with van der Waals surface area (Å²) in [6.07, 6.45) is 7.23. The van der Waals surface area contributed by atoms with Crippen molar-refractivity contribution in [2.24, 2.45) is 11.0 Å². The first-order valence-electron chi connectivity index (χ1n) is 8.29. The minimum atomic E-state index is -0.428. The number of nitrogens with one attached hydrogen (secondary N) is 2. The molecular weight excluding hydrogens is 336 g/mol. The van der Waals surface area contributed by atoms with E-state index < -0.39 is 4.92 Å². The summed E-state index contributed by atoms with van der Waals surface area (Å²) in [5.41, 5.74) is 4.96. The van der Waals surface area contributed by atoms with Crippen molar-refractivity contribution in [3.63, 3.8) is 0 Å². The summed E-state index contributed by atoms with van der Waals surface area (Å²) >= 11 is 5.32. The van der Waals surface area contributed by atoms with E-state index in [0.29, 0.717) is 11.0 Å². The van der Waals surface area contributed by atoms with Crippen LogP contribution in [0.4, 0.5) is 5.69 Å². The summed E-state index contributed by atoms with van der Waals surface area (Å²) in [5.74, 6) is 0.523. The predicted octanol–water partition coefficient (Wildman–Crippen LogP) is 3.92. The summed E-state index contributed by atoms with van der Waals surface area (Å²) in [6, 6.07) is 6.17. The van der Waals surface area contributed by atoms with Gasteiger partial charge in [0.1, 0.15) is 0 Å². The number of non-ortho nitro benzene ring substituents is 1. The molecule has 1 aliphatic carbocycles. The van der Waals surface area contributed by atoms with Crippen LogP contribution in [0.5, 0.6) is 0 Å². The van der Waals surface area contributed by atoms with Crippen molar-refractivity contribution in [2.45, 2.75) is 45.6 Å². The Morgan fingerprint density at radius 2 is 2.08 bits per heavy atom. The molecule has 6 nitrogen and oxygen atoms in total. The summed E-state index contributed by atoms with van der Waals surface area (Å²) in [6.45, 7) is 6.48. The molecular formula is C18H24N4O2S. The lowest BCUT2D eigenvalue weighted by molar-refractivity contribution is -0.384. The lowest BCUT2D eigenvalue weighted by atomic mass is 9.77. The molecule has 2 N–H and O–H groups in total. The van der Waals surface area contributed by atoms with Crippen molar-refractivity contribution in [3.05, 3.63) is 51.6 Å². The molecule has 0 aliphatic heterocycles. The fraction of sp³-hybridized carbons (Fsp3) is 0.444. The monoisotopic (exact) mass is 360 g/mol. The van der Waals surface area contributed by atoms with Crippen LogP contribution >= 0.6 is 12.2 Å². The Kier molecular flexibility index (Phi) is 6.25. The largest absolute Gasteiger partial charge is 0.356 e. The first-order valence-corrected chi connectivity index (χ1v) is 8.70. The molecule has 0 heterocycles. The number of nitrogens with zero attached hydrogens (tertiary/aromatic N) is 2. The van der Waals surface area contributed by atoms with Gasteiger partial charge in [-0.15, -0.1) is 0 Å². The normalized spacial score (nSPS) is 17.9. The summed E-state index contributed by atoms with van der Waals surface area (Å²) < 4.78 is 0. The van der Waals surface area contributed by atoms with Crippen molar-refractivity contribution in [3.8, 4) is 0 Å². The lowest BCUT2D eigenvalue weighted by Crippen LogP contribution is -2.52. The molecule has 1 aromatic carbocycles. The zero-order chi connectivity index (χ0) is 18.4. The highest BCUT2D eigenvalue weighted by Gasteiger charge is 2.30. The van der Waals surface area contributed by atoms with E-state index in [1.807, 2.05) is 0 Å². The maximum absolute atomic E-state index is 10.6. The van der Waals surface area contributed by atoms with Gasteiger partial charge in [-0.25, -0.2) is 0 Å². The number of benzene rings is 1. The Morgan fingerprint density at radius 1 is 1.40 bits per heavy atom. The van der Waals surface area contributed by atoms with E-state index in [4.69, 9.17) is 12.2 Å². The lowest BCUT2D eigenvalue weighted by Gasteiger charge is -2.37. The first kappa shape index (κ1) is 19.1. The second kappa shape index (κ2) is 8.20. The topological polar surface area (TPSA) is 79.6 Å². The fourth-order valence-electron chi connectivity index (χ4n) is 2.89. The van der Waals surface area contributed by atoms with Crippen LogP contribution in [0.25, 0.3) is 0 Å². The van der Waals surface area contributed by atoms with E-state index in [2.05, 4.69) is 42.7 Å². The Labute approximate surface area is 153 Å². The molecule has 0 aromatic heterocycles. The van der Waals surface area contributed by atoms with Gasteiger partial charge in [-0.3, -0.25) is 15.5 Å². The molecule has 25 heavy (non-hydrogen) atoms. The van der Waals surface area contributed by atoms with Gasteiger partial charge in [0.05, 0.1) is 11.1 Å². The molecule has 0 unspecified atom stereocenters. The number of nitro groups is 1. The first-order chi connectivity index (χ1) is 11.8. The van der Waals surface area contributed by atoms with E-state index >= 15 is 0 Å². The molecule has 1 atom stereocenters. The third-order valence-corrected chi connectivity index (χ3v) is 4.77. The Bertz CT molecular complexity index is 696. The molecule has 0 bridgehead atoms. The number of hydrogen-bond acceptors (Lipinski definition) is 4. The quantitative estimate of drug-likeness (QED) is 0.273. The number of hydrazone groups is 1. The third kappa shape index (κ3) is 5.63. The van der Waals surface area contributed by atoms with Gasteiger partial charge in [-0.05, 0) is 75.9 Å². The van der Waals surface area contributed by atoms with Crippen LogP contribution in [-0.2, 0) is 0 Å². The standard InChI is InChI=1S/C18H24N4O2S/c1-13-4-8-15(9-5-13)18(2,3)20-17(25)21-19-12-14-6-10-16(11-7-14)22(23)24/h4,6-7,10-12,15H,5,8-9H2,1-3H3,(H2,20,21,25)/b19-12+/t15-/m1/s1. The van der Waals surface area contributed by atoms with Gasteiger partial charge in [0.15, 0.2) is 5.11 Å². The summed E-state index contributed by atoms with van der Waals surface area (Å²) in [7, 11) is 0. The third-order valence-electron chi connectivity index (χ3n) is 4.58. The Morgan fingerprint density at radius 3 is 2.64 bits per heavy atom. The minimum absolute atomic E-state index is 0.0563. The average molecular weight is 360 g/mol. The van der Waals surface area contributed by atoms with Crippen LogP contribution < -0.4 is 10.7 Å². The van der Waals surface area contributed by atoms with Crippen LogP contribution in [0.3, 0.4) is 0 Å². The van der Waals surface area contributed by atoms with E-state index in [-0.39, 0.29) is 11.2 Å². The van der Waals surface area contributed by atoms with Crippen LogP contribution in [0.2, 0.25) is 0 Å². The summed E-state index contributed by atoms with van der Waals surface area (Å²) in [5, 5.41) is 18.5. The SMILES string of the molecule is CC1=CC[C@@H](C(C)(C)NC(=S)N/N=C/c2ccc([N+](=O)[O-])cc2)CC1. The van der Waals surface area contributed by atoms with Crippen LogP contribution in [0, 0.1) is 16.0 Å². The molecule has 1 aliphatic rings. The van der Waals surface area contributed by atoms with E-state index in [1.54, 1.807) is 18.3 Å². The molecule has 0 saturated carbocycles. The van der Waals surface area contributed by atoms with Crippen molar-refractivity contribution < 1.29 is 4.92 Å². The van der Waals surface area contributed by atoms with E-state index in [9.17, 15) is 10.1 Å². The molecule has 1 aromatic rings. The molecule has 0 amide bonds.